The Hall–Kier alpha value is -3.70. The van der Waals surface area contributed by atoms with Crippen molar-refractivity contribution >= 4 is 39.6 Å². The number of hydrogen-bond acceptors (Lipinski definition) is 9. The van der Waals surface area contributed by atoms with Crippen LogP contribution in [0, 0.1) is 25.2 Å². The van der Waals surface area contributed by atoms with Crippen LogP contribution in [0.3, 0.4) is 0 Å². The summed E-state index contributed by atoms with van der Waals surface area (Å²) in [7, 11) is 0. The number of aliphatic hydroxyl groups is 1. The summed E-state index contributed by atoms with van der Waals surface area (Å²) >= 11 is 1.58. The number of dihydropyridines is 1. The predicted octanol–water partition coefficient (Wildman–Crippen LogP) is 3.76. The van der Waals surface area contributed by atoms with Crippen LogP contribution in [0.1, 0.15) is 60.8 Å². The highest BCUT2D eigenvalue weighted by atomic mass is 32.1. The van der Waals surface area contributed by atoms with E-state index in [0.29, 0.717) is 17.4 Å². The van der Waals surface area contributed by atoms with E-state index in [-0.39, 0.29) is 41.7 Å². The maximum atomic E-state index is 12.9. The molecule has 0 spiro atoms. The molecule has 1 aliphatic carbocycles. The predicted molar refractivity (Wildman–Crippen MR) is 155 cm³/mol. The molecule has 0 saturated heterocycles. The first-order chi connectivity index (χ1) is 18.8. The molecule has 11 heteroatoms. The number of nitrogens with zero attached hydrogens (tertiary/aromatic N) is 1. The zero-order chi connectivity index (χ0) is 29.2. The Morgan fingerprint density at radius 2 is 2.08 bits per heavy atom. The molecule has 2 aliphatic rings. The van der Waals surface area contributed by atoms with E-state index in [1.54, 1.807) is 49.6 Å². The van der Waals surface area contributed by atoms with Crippen molar-refractivity contribution in [3.05, 3.63) is 57.5 Å². The van der Waals surface area contributed by atoms with E-state index in [0.717, 1.165) is 46.1 Å². The number of thiophene rings is 1. The Bertz CT molecular complexity index is 1410. The molecule has 0 radical (unpaired) electrons. The van der Waals surface area contributed by atoms with Gasteiger partial charge in [-0.3, -0.25) is 9.59 Å². The molecule has 1 atom stereocenters. The highest BCUT2D eigenvalue weighted by Crippen LogP contribution is 2.35. The lowest BCUT2D eigenvalue weighted by molar-refractivity contribution is -0.118. The summed E-state index contributed by atoms with van der Waals surface area (Å²) in [6.07, 6.45) is 8.11. The van der Waals surface area contributed by atoms with Gasteiger partial charge in [0.2, 0.25) is 5.88 Å². The van der Waals surface area contributed by atoms with E-state index >= 15 is 0 Å². The molecule has 6 N–H and O–H groups in total. The SMILES string of the molecule is Cc1sc2cc(C(N)=O)c(O[C@@H](C)CC3CC(NC(=O)/C(C=N)=C4\C=CC(OCC(C)(C)O)=CN4)C3)nc2c1C. The van der Waals surface area contributed by atoms with Crippen LogP contribution in [0.4, 0.5) is 0 Å². The van der Waals surface area contributed by atoms with Crippen LogP contribution in [-0.4, -0.2) is 52.5 Å². The number of allylic oxidation sites excluding steroid dienone is 2. The fraction of sp³-hybridized carbons (Fsp3) is 0.448. The number of nitrogens with one attached hydrogen (secondary N) is 3. The number of rotatable bonds is 11. The van der Waals surface area contributed by atoms with Crippen molar-refractivity contribution in [3.63, 3.8) is 0 Å². The van der Waals surface area contributed by atoms with Crippen molar-refractivity contribution in [2.24, 2.45) is 11.7 Å². The summed E-state index contributed by atoms with van der Waals surface area (Å²) in [5, 5.41) is 23.6. The number of amides is 2. The minimum Gasteiger partial charge on any atom is -0.489 e. The van der Waals surface area contributed by atoms with Crippen LogP contribution in [0.5, 0.6) is 5.88 Å². The lowest BCUT2D eigenvalue weighted by atomic mass is 9.77. The second kappa shape index (κ2) is 11.8. The normalized spacial score (nSPS) is 20.6. The van der Waals surface area contributed by atoms with Crippen molar-refractivity contribution in [2.75, 3.05) is 6.61 Å². The summed E-state index contributed by atoms with van der Waals surface area (Å²) in [6.45, 7) is 9.40. The van der Waals surface area contributed by atoms with E-state index < -0.39 is 11.5 Å². The van der Waals surface area contributed by atoms with Crippen molar-refractivity contribution in [1.29, 1.82) is 5.41 Å². The number of carbonyl (C=O) groups is 2. The first-order valence-corrected chi connectivity index (χ1v) is 14.1. The Balaban J connectivity index is 1.29. The highest BCUT2D eigenvalue weighted by Gasteiger charge is 2.33. The van der Waals surface area contributed by atoms with Crippen LogP contribution in [0.15, 0.2) is 41.4 Å². The summed E-state index contributed by atoms with van der Waals surface area (Å²) in [5.41, 5.74) is 7.54. The zero-order valence-electron chi connectivity index (χ0n) is 23.5. The third kappa shape index (κ3) is 6.89. The molecule has 3 heterocycles. The third-order valence-electron chi connectivity index (χ3n) is 6.97. The average molecular weight is 568 g/mol. The molecule has 0 unspecified atom stereocenters. The average Bonchev–Trinajstić information content (AvgIpc) is 3.14. The second-order valence-electron chi connectivity index (χ2n) is 11.1. The van der Waals surface area contributed by atoms with Gasteiger partial charge in [0.15, 0.2) is 0 Å². The van der Waals surface area contributed by atoms with Gasteiger partial charge < -0.3 is 36.4 Å². The molecular weight excluding hydrogens is 530 g/mol. The minimum absolute atomic E-state index is 0.00105. The van der Waals surface area contributed by atoms with Gasteiger partial charge in [0.05, 0.1) is 33.2 Å². The number of primary amides is 1. The number of aryl methyl sites for hydroxylation is 2. The molecule has 0 aromatic carbocycles. The second-order valence-corrected chi connectivity index (χ2v) is 12.4. The van der Waals surface area contributed by atoms with Crippen LogP contribution in [-0.2, 0) is 9.53 Å². The molecule has 40 heavy (non-hydrogen) atoms. The van der Waals surface area contributed by atoms with Gasteiger partial charge in [0, 0.05) is 23.3 Å². The summed E-state index contributed by atoms with van der Waals surface area (Å²) in [4.78, 5) is 30.7. The summed E-state index contributed by atoms with van der Waals surface area (Å²) in [6, 6.07) is 1.76. The number of aromatic nitrogens is 1. The van der Waals surface area contributed by atoms with E-state index in [4.69, 9.17) is 20.6 Å². The van der Waals surface area contributed by atoms with Crippen molar-refractivity contribution in [2.45, 2.75) is 71.6 Å². The lowest BCUT2D eigenvalue weighted by Gasteiger charge is -2.37. The van der Waals surface area contributed by atoms with Crippen LogP contribution >= 0.6 is 11.3 Å². The smallest absolute Gasteiger partial charge is 0.255 e. The number of hydrogen-bond donors (Lipinski definition) is 5. The van der Waals surface area contributed by atoms with E-state index in [1.807, 2.05) is 20.8 Å². The highest BCUT2D eigenvalue weighted by molar-refractivity contribution is 7.19. The lowest BCUT2D eigenvalue weighted by Crippen LogP contribution is -2.46. The zero-order valence-corrected chi connectivity index (χ0v) is 24.3. The van der Waals surface area contributed by atoms with E-state index in [2.05, 4.69) is 15.6 Å². The summed E-state index contributed by atoms with van der Waals surface area (Å²) in [5.74, 6) is 0.226. The Kier molecular flexibility index (Phi) is 8.65. The quantitative estimate of drug-likeness (QED) is 0.204. The molecule has 2 amide bonds. The molecule has 4 rings (SSSR count). The third-order valence-corrected chi connectivity index (χ3v) is 8.11. The number of carbonyl (C=O) groups excluding carboxylic acids is 2. The Morgan fingerprint density at radius 3 is 2.67 bits per heavy atom. The number of fused-ring (bicyclic) bond motifs is 1. The molecule has 1 fully saturated rings. The fourth-order valence-corrected chi connectivity index (χ4v) is 5.76. The van der Waals surface area contributed by atoms with Gasteiger partial charge in [-0.1, -0.05) is 0 Å². The number of ether oxygens (including phenoxy) is 2. The molecule has 2 aromatic rings. The van der Waals surface area contributed by atoms with Gasteiger partial charge in [-0.25, -0.2) is 4.98 Å². The van der Waals surface area contributed by atoms with E-state index in [9.17, 15) is 14.7 Å². The van der Waals surface area contributed by atoms with Gasteiger partial charge in [-0.15, -0.1) is 11.3 Å². The first kappa shape index (κ1) is 29.3. The summed E-state index contributed by atoms with van der Waals surface area (Å²) < 4.78 is 12.5. The van der Waals surface area contributed by atoms with Gasteiger partial charge in [-0.2, -0.15) is 0 Å². The van der Waals surface area contributed by atoms with Crippen molar-refractivity contribution in [1.82, 2.24) is 15.6 Å². The molecule has 214 valence electrons. The minimum atomic E-state index is -0.963. The largest absolute Gasteiger partial charge is 0.489 e. The van der Waals surface area contributed by atoms with E-state index in [1.165, 1.54) is 0 Å². The van der Waals surface area contributed by atoms with Crippen LogP contribution in [0.2, 0.25) is 0 Å². The van der Waals surface area contributed by atoms with Crippen LogP contribution < -0.4 is 21.1 Å². The molecule has 1 aliphatic heterocycles. The topological polar surface area (TPSA) is 160 Å². The van der Waals surface area contributed by atoms with Gasteiger partial charge in [0.1, 0.15) is 17.9 Å². The molecular formula is C29H37N5O5S. The van der Waals surface area contributed by atoms with Gasteiger partial charge in [0.25, 0.3) is 11.8 Å². The number of nitrogens with two attached hydrogens (primary N) is 1. The standard InChI is InChI=1S/C29H37N5O5S/c1-15(39-28-21(26(31)35)11-24-25(34-28)16(2)17(3)40-24)8-18-9-19(10-18)33-27(36)22(12-30)23-7-6-20(13-32-23)38-14-29(4,5)37/h6-7,11-13,15,18-19,30,32,37H,8-10,14H2,1-5H3,(H2,31,35)(H,33,36)/b23-22+,30-12?/t15-,18?,19?/m0/s1. The van der Waals surface area contributed by atoms with Gasteiger partial charge in [-0.05, 0) is 83.6 Å². The molecule has 2 aromatic heterocycles. The molecule has 1 saturated carbocycles. The fourth-order valence-electron chi connectivity index (χ4n) is 4.71. The van der Waals surface area contributed by atoms with Gasteiger partial charge >= 0.3 is 0 Å². The Labute approximate surface area is 237 Å². The maximum Gasteiger partial charge on any atom is 0.255 e. The first-order valence-electron chi connectivity index (χ1n) is 13.3. The Morgan fingerprint density at radius 1 is 1.35 bits per heavy atom. The van der Waals surface area contributed by atoms with Crippen molar-refractivity contribution < 1.29 is 24.2 Å². The number of pyridine rings is 1. The van der Waals surface area contributed by atoms with Crippen LogP contribution in [0.25, 0.3) is 10.2 Å². The monoisotopic (exact) mass is 567 g/mol. The molecule has 0 bridgehead atoms. The maximum absolute atomic E-state index is 12.9. The van der Waals surface area contributed by atoms with Crippen molar-refractivity contribution in [3.8, 4) is 5.88 Å². The molecule has 10 nitrogen and oxygen atoms in total.